The molecule has 1 atom stereocenters. The summed E-state index contributed by atoms with van der Waals surface area (Å²) in [5.74, 6) is -0.0779. The van der Waals surface area contributed by atoms with Gasteiger partial charge < -0.3 is 4.74 Å². The minimum absolute atomic E-state index is 0.154. The summed E-state index contributed by atoms with van der Waals surface area (Å²) in [7, 11) is 1.35. The third kappa shape index (κ3) is 3.59. The number of ether oxygens (including phenoxy) is 1. The second kappa shape index (κ2) is 8.16. The number of aromatic nitrogens is 1. The van der Waals surface area contributed by atoms with Crippen LogP contribution in [-0.4, -0.2) is 17.6 Å². The summed E-state index contributed by atoms with van der Waals surface area (Å²) in [5.41, 5.74) is 2.87. The van der Waals surface area contributed by atoms with E-state index in [1.807, 2.05) is 47.9 Å². The van der Waals surface area contributed by atoms with Gasteiger partial charge in [0.1, 0.15) is 0 Å². The second-order valence-corrected chi connectivity index (χ2v) is 9.40. The molecular formula is C23H22N2O3S2. The van der Waals surface area contributed by atoms with Crippen molar-refractivity contribution in [2.24, 2.45) is 4.99 Å². The van der Waals surface area contributed by atoms with Gasteiger partial charge in [0.05, 0.1) is 29.0 Å². The Morgan fingerprint density at radius 1 is 1.23 bits per heavy atom. The fourth-order valence-corrected chi connectivity index (χ4v) is 5.34. The predicted octanol–water partition coefficient (Wildman–Crippen LogP) is 3.59. The van der Waals surface area contributed by atoms with Crippen LogP contribution < -0.4 is 14.9 Å². The molecule has 3 aromatic rings. The van der Waals surface area contributed by atoms with Gasteiger partial charge in [0.25, 0.3) is 5.56 Å². The molecule has 7 heteroatoms. The zero-order valence-electron chi connectivity index (χ0n) is 17.2. The standard InChI is InChI=1S/C23H22N2O3S2/c1-13(2)15-7-9-16(10-8-15)20-19(22(27)28-4)14(3)24-23-25(20)21(26)18(30-23)12-17-6-5-11-29-17/h5-13,20H,1-4H3. The fraction of sp³-hybridized carbons (Fsp3) is 0.261. The first-order valence-electron chi connectivity index (χ1n) is 9.65. The zero-order valence-corrected chi connectivity index (χ0v) is 18.8. The van der Waals surface area contributed by atoms with E-state index in [1.54, 1.807) is 22.8 Å². The Kier molecular flexibility index (Phi) is 5.58. The lowest BCUT2D eigenvalue weighted by atomic mass is 9.93. The molecule has 4 rings (SSSR count). The highest BCUT2D eigenvalue weighted by Crippen LogP contribution is 2.31. The third-order valence-electron chi connectivity index (χ3n) is 5.16. The first kappa shape index (κ1) is 20.5. The second-order valence-electron chi connectivity index (χ2n) is 7.41. The van der Waals surface area contributed by atoms with Crippen molar-refractivity contribution in [3.05, 3.63) is 88.7 Å². The smallest absolute Gasteiger partial charge is 0.338 e. The van der Waals surface area contributed by atoms with Crippen LogP contribution in [0, 0.1) is 0 Å². The molecule has 5 nitrogen and oxygen atoms in total. The van der Waals surface area contributed by atoms with Crippen LogP contribution in [0.15, 0.2) is 62.8 Å². The summed E-state index contributed by atoms with van der Waals surface area (Å²) in [6.45, 7) is 6.05. The van der Waals surface area contributed by atoms with E-state index in [2.05, 4.69) is 18.8 Å². The molecule has 0 spiro atoms. The summed E-state index contributed by atoms with van der Waals surface area (Å²) in [6, 6.07) is 11.4. The van der Waals surface area contributed by atoms with E-state index < -0.39 is 12.0 Å². The molecule has 30 heavy (non-hydrogen) atoms. The number of rotatable bonds is 4. The van der Waals surface area contributed by atoms with Crippen LogP contribution in [0.3, 0.4) is 0 Å². The van der Waals surface area contributed by atoms with Crippen LogP contribution in [0.1, 0.15) is 48.7 Å². The molecule has 0 amide bonds. The number of thiazole rings is 1. The van der Waals surface area contributed by atoms with E-state index in [0.717, 1.165) is 10.4 Å². The summed E-state index contributed by atoms with van der Waals surface area (Å²) in [4.78, 5) is 32.2. The van der Waals surface area contributed by atoms with Gasteiger partial charge in [-0.25, -0.2) is 9.79 Å². The van der Waals surface area contributed by atoms with Crippen molar-refractivity contribution < 1.29 is 9.53 Å². The van der Waals surface area contributed by atoms with Gasteiger partial charge in [-0.2, -0.15) is 0 Å². The Hall–Kier alpha value is -2.77. The van der Waals surface area contributed by atoms with Gasteiger partial charge in [-0.3, -0.25) is 9.36 Å². The zero-order chi connectivity index (χ0) is 21.4. The summed E-state index contributed by atoms with van der Waals surface area (Å²) < 4.78 is 7.26. The van der Waals surface area contributed by atoms with Crippen molar-refractivity contribution in [3.8, 4) is 0 Å². The Labute approximate surface area is 182 Å². The van der Waals surface area contributed by atoms with E-state index in [1.165, 1.54) is 24.0 Å². The average Bonchev–Trinajstić information content (AvgIpc) is 3.35. The quantitative estimate of drug-likeness (QED) is 0.585. The van der Waals surface area contributed by atoms with Crippen molar-refractivity contribution in [1.29, 1.82) is 0 Å². The first-order valence-corrected chi connectivity index (χ1v) is 11.3. The monoisotopic (exact) mass is 438 g/mol. The molecule has 0 N–H and O–H groups in total. The molecule has 1 aliphatic rings. The lowest BCUT2D eigenvalue weighted by molar-refractivity contribution is -0.136. The van der Waals surface area contributed by atoms with Crippen molar-refractivity contribution in [2.45, 2.75) is 32.7 Å². The Morgan fingerprint density at radius 2 is 1.97 bits per heavy atom. The maximum absolute atomic E-state index is 13.4. The highest BCUT2D eigenvalue weighted by molar-refractivity contribution is 7.11. The van der Waals surface area contributed by atoms with Crippen LogP contribution in [-0.2, 0) is 9.53 Å². The van der Waals surface area contributed by atoms with Gasteiger partial charge in [-0.05, 0) is 41.5 Å². The number of allylic oxidation sites excluding steroid dienone is 1. The van der Waals surface area contributed by atoms with Gasteiger partial charge >= 0.3 is 5.97 Å². The number of thiophene rings is 1. The van der Waals surface area contributed by atoms with E-state index in [-0.39, 0.29) is 5.56 Å². The molecule has 0 saturated carbocycles. The SMILES string of the molecule is COC(=O)C1=C(C)N=c2sc(=Cc3cccs3)c(=O)n2C1c1ccc(C(C)C)cc1. The van der Waals surface area contributed by atoms with Crippen molar-refractivity contribution in [2.75, 3.05) is 7.11 Å². The average molecular weight is 439 g/mol. The van der Waals surface area contributed by atoms with Crippen LogP contribution in [0.25, 0.3) is 6.08 Å². The van der Waals surface area contributed by atoms with E-state index in [4.69, 9.17) is 4.74 Å². The largest absolute Gasteiger partial charge is 0.466 e. The maximum Gasteiger partial charge on any atom is 0.338 e. The fourth-order valence-electron chi connectivity index (χ4n) is 3.57. The number of methoxy groups -OCH3 is 1. The lowest BCUT2D eigenvalue weighted by Gasteiger charge is -2.24. The van der Waals surface area contributed by atoms with Gasteiger partial charge in [-0.1, -0.05) is 55.5 Å². The predicted molar refractivity (Wildman–Crippen MR) is 121 cm³/mol. The van der Waals surface area contributed by atoms with Crippen molar-refractivity contribution in [1.82, 2.24) is 4.57 Å². The minimum atomic E-state index is -0.569. The molecule has 1 aromatic carbocycles. The van der Waals surface area contributed by atoms with E-state index in [9.17, 15) is 9.59 Å². The highest BCUT2D eigenvalue weighted by Gasteiger charge is 2.33. The summed E-state index contributed by atoms with van der Waals surface area (Å²) >= 11 is 2.91. The molecule has 0 fully saturated rings. The summed E-state index contributed by atoms with van der Waals surface area (Å²) in [5, 5.41) is 1.97. The van der Waals surface area contributed by atoms with Crippen LogP contribution in [0.4, 0.5) is 0 Å². The van der Waals surface area contributed by atoms with Gasteiger partial charge in [-0.15, -0.1) is 11.3 Å². The minimum Gasteiger partial charge on any atom is -0.466 e. The molecule has 3 heterocycles. The van der Waals surface area contributed by atoms with Gasteiger partial charge in [0, 0.05) is 4.88 Å². The van der Waals surface area contributed by atoms with E-state index in [0.29, 0.717) is 26.5 Å². The summed E-state index contributed by atoms with van der Waals surface area (Å²) in [6.07, 6.45) is 1.88. The molecule has 1 unspecified atom stereocenters. The molecule has 0 saturated heterocycles. The van der Waals surface area contributed by atoms with Gasteiger partial charge in [0.15, 0.2) is 4.80 Å². The van der Waals surface area contributed by atoms with Crippen molar-refractivity contribution >= 4 is 34.7 Å². The number of carbonyl (C=O) groups is 1. The number of nitrogens with zero attached hydrogens (tertiary/aromatic N) is 2. The highest BCUT2D eigenvalue weighted by atomic mass is 32.1. The molecule has 2 aromatic heterocycles. The number of hydrogen-bond donors (Lipinski definition) is 0. The number of carbonyl (C=O) groups excluding carboxylic acids is 1. The number of hydrogen-bond acceptors (Lipinski definition) is 6. The molecule has 0 radical (unpaired) electrons. The van der Waals surface area contributed by atoms with Crippen LogP contribution >= 0.6 is 22.7 Å². The Bertz CT molecular complexity index is 1290. The number of esters is 1. The molecule has 154 valence electrons. The topological polar surface area (TPSA) is 60.7 Å². The van der Waals surface area contributed by atoms with Gasteiger partial charge in [0.2, 0.25) is 0 Å². The molecule has 1 aliphatic heterocycles. The van der Waals surface area contributed by atoms with Crippen molar-refractivity contribution in [3.63, 3.8) is 0 Å². The number of benzene rings is 1. The Morgan fingerprint density at radius 3 is 2.57 bits per heavy atom. The lowest BCUT2D eigenvalue weighted by Crippen LogP contribution is -2.39. The molecule has 0 aliphatic carbocycles. The van der Waals surface area contributed by atoms with Crippen LogP contribution in [0.2, 0.25) is 0 Å². The Balaban J connectivity index is 1.95. The maximum atomic E-state index is 13.4. The van der Waals surface area contributed by atoms with E-state index >= 15 is 0 Å². The third-order valence-corrected chi connectivity index (χ3v) is 6.96. The molecule has 0 bridgehead atoms. The normalized spacial score (nSPS) is 16.6. The van der Waals surface area contributed by atoms with Crippen LogP contribution in [0.5, 0.6) is 0 Å². The molecular weight excluding hydrogens is 416 g/mol. The first-order chi connectivity index (χ1) is 14.4. The number of fused-ring (bicyclic) bond motifs is 1.